The number of carbonyl (C=O) groups excluding carboxylic acids is 1. The van der Waals surface area contributed by atoms with Crippen LogP contribution in [-0.4, -0.2) is 15.9 Å². The smallest absolute Gasteiger partial charge is 0.242 e. The minimum absolute atomic E-state index is 0.416. The zero-order valence-electron chi connectivity index (χ0n) is 14.7. The monoisotopic (exact) mass is 346 g/mol. The molecule has 5 heteroatoms. The molecule has 0 aliphatic carbocycles. The summed E-state index contributed by atoms with van der Waals surface area (Å²) >= 11 is 0. The molecule has 26 heavy (non-hydrogen) atoms. The maximum atomic E-state index is 12.7. The highest BCUT2D eigenvalue weighted by Crippen LogP contribution is 2.27. The number of nitrogens with two attached hydrogens (primary N) is 1. The summed E-state index contributed by atoms with van der Waals surface area (Å²) in [5.74, 6) is -0.422. The largest absolute Gasteiger partial charge is 0.368 e. The lowest BCUT2D eigenvalue weighted by Crippen LogP contribution is -2.54. The van der Waals surface area contributed by atoms with E-state index in [1.165, 1.54) is 0 Å². The third-order valence-electron chi connectivity index (χ3n) is 4.47. The Kier molecular flexibility index (Phi) is 5.39. The van der Waals surface area contributed by atoms with E-state index in [2.05, 4.69) is 15.3 Å². The van der Waals surface area contributed by atoms with E-state index >= 15 is 0 Å². The fourth-order valence-corrected chi connectivity index (χ4v) is 2.99. The van der Waals surface area contributed by atoms with Crippen molar-refractivity contribution in [2.45, 2.75) is 25.4 Å². The summed E-state index contributed by atoms with van der Waals surface area (Å²) in [4.78, 5) is 21.0. The zero-order chi connectivity index (χ0) is 18.4. The molecule has 1 amide bonds. The van der Waals surface area contributed by atoms with E-state index in [-0.39, 0.29) is 0 Å². The van der Waals surface area contributed by atoms with Crippen molar-refractivity contribution in [1.82, 2.24) is 15.3 Å². The van der Waals surface area contributed by atoms with Gasteiger partial charge in [-0.3, -0.25) is 20.1 Å². The van der Waals surface area contributed by atoms with Gasteiger partial charge in [0.05, 0.1) is 0 Å². The van der Waals surface area contributed by atoms with E-state index < -0.39 is 11.4 Å². The normalized spacial score (nSPS) is 13.1. The lowest BCUT2D eigenvalue weighted by Gasteiger charge is -2.33. The van der Waals surface area contributed by atoms with Gasteiger partial charge in [-0.15, -0.1) is 0 Å². The Labute approximate surface area is 153 Å². The number of hydrogen-bond acceptors (Lipinski definition) is 4. The highest BCUT2D eigenvalue weighted by molar-refractivity contribution is 5.86. The summed E-state index contributed by atoms with van der Waals surface area (Å²) in [7, 11) is 0. The third-order valence-corrected chi connectivity index (χ3v) is 4.47. The summed E-state index contributed by atoms with van der Waals surface area (Å²) in [6.45, 7) is 2.49. The second kappa shape index (κ2) is 7.89. The van der Waals surface area contributed by atoms with Crippen LogP contribution in [0.5, 0.6) is 0 Å². The molecule has 0 aliphatic rings. The fourth-order valence-electron chi connectivity index (χ4n) is 2.99. The fraction of sp³-hybridized carbons (Fsp3) is 0.190. The van der Waals surface area contributed by atoms with Crippen molar-refractivity contribution in [3.63, 3.8) is 0 Å². The molecule has 1 unspecified atom stereocenters. The predicted octanol–water partition coefficient (Wildman–Crippen LogP) is 2.50. The topological polar surface area (TPSA) is 80.9 Å². The van der Waals surface area contributed by atoms with E-state index in [9.17, 15) is 4.79 Å². The Morgan fingerprint density at radius 3 is 2.15 bits per heavy atom. The number of hydrogen-bond donors (Lipinski definition) is 2. The zero-order valence-corrected chi connectivity index (χ0v) is 14.7. The van der Waals surface area contributed by atoms with E-state index in [0.717, 1.165) is 22.3 Å². The first-order chi connectivity index (χ1) is 12.6. The second-order valence-electron chi connectivity index (χ2n) is 6.39. The molecule has 1 aromatic carbocycles. The maximum Gasteiger partial charge on any atom is 0.242 e. The SMILES string of the molecule is Cc1ccc(C(Cc2cccnc2)(NCc2cccnc2)C(N)=O)cc1. The van der Waals surface area contributed by atoms with Crippen LogP contribution in [0.3, 0.4) is 0 Å². The molecule has 3 rings (SSSR count). The number of nitrogens with one attached hydrogen (secondary N) is 1. The van der Waals surface area contributed by atoms with E-state index in [4.69, 9.17) is 5.73 Å². The van der Waals surface area contributed by atoms with Gasteiger partial charge in [0.2, 0.25) is 5.91 Å². The minimum atomic E-state index is -1.04. The molecule has 132 valence electrons. The Balaban J connectivity index is 1.99. The molecule has 2 heterocycles. The number of aryl methyl sites for hydroxylation is 1. The minimum Gasteiger partial charge on any atom is -0.368 e. The lowest BCUT2D eigenvalue weighted by atomic mass is 9.82. The number of aromatic nitrogens is 2. The number of rotatable bonds is 7. The third kappa shape index (κ3) is 3.95. The van der Waals surface area contributed by atoms with Crippen LogP contribution in [0.1, 0.15) is 22.3 Å². The van der Waals surface area contributed by atoms with Gasteiger partial charge in [-0.05, 0) is 35.7 Å². The standard InChI is InChI=1S/C21H22N4O/c1-16-6-8-19(9-7-16)21(20(22)26,12-17-4-2-10-23-13-17)25-15-18-5-3-11-24-14-18/h2-11,13-14,25H,12,15H2,1H3,(H2,22,26). The molecule has 0 radical (unpaired) electrons. The van der Waals surface area contributed by atoms with Crippen LogP contribution in [0.4, 0.5) is 0 Å². The molecule has 2 aromatic heterocycles. The molecular formula is C21H22N4O. The predicted molar refractivity (Wildman–Crippen MR) is 101 cm³/mol. The van der Waals surface area contributed by atoms with Crippen LogP contribution < -0.4 is 11.1 Å². The van der Waals surface area contributed by atoms with Gasteiger partial charge in [-0.1, -0.05) is 42.0 Å². The van der Waals surface area contributed by atoms with Crippen molar-refractivity contribution in [3.05, 3.63) is 95.6 Å². The Morgan fingerprint density at radius 2 is 1.62 bits per heavy atom. The van der Waals surface area contributed by atoms with Gasteiger partial charge in [0.1, 0.15) is 5.54 Å². The van der Waals surface area contributed by atoms with Crippen LogP contribution in [0, 0.1) is 6.92 Å². The van der Waals surface area contributed by atoms with Gasteiger partial charge in [0, 0.05) is 37.8 Å². The number of nitrogens with zero attached hydrogens (tertiary/aromatic N) is 2. The highest BCUT2D eigenvalue weighted by Gasteiger charge is 2.38. The van der Waals surface area contributed by atoms with E-state index in [0.29, 0.717) is 13.0 Å². The molecular weight excluding hydrogens is 324 g/mol. The van der Waals surface area contributed by atoms with Gasteiger partial charge < -0.3 is 5.73 Å². The summed E-state index contributed by atoms with van der Waals surface area (Å²) in [5, 5.41) is 3.39. The second-order valence-corrected chi connectivity index (χ2v) is 6.39. The van der Waals surface area contributed by atoms with Crippen molar-refractivity contribution in [2.75, 3.05) is 0 Å². The highest BCUT2D eigenvalue weighted by atomic mass is 16.1. The molecule has 5 nitrogen and oxygen atoms in total. The number of pyridine rings is 2. The molecule has 0 saturated carbocycles. The van der Waals surface area contributed by atoms with Crippen LogP contribution >= 0.6 is 0 Å². The molecule has 0 spiro atoms. The molecule has 0 fully saturated rings. The van der Waals surface area contributed by atoms with Crippen molar-refractivity contribution < 1.29 is 4.79 Å². The first-order valence-electron chi connectivity index (χ1n) is 8.50. The van der Waals surface area contributed by atoms with E-state index in [1.54, 1.807) is 24.8 Å². The van der Waals surface area contributed by atoms with Crippen molar-refractivity contribution in [2.24, 2.45) is 5.73 Å². The van der Waals surface area contributed by atoms with Crippen molar-refractivity contribution in [1.29, 1.82) is 0 Å². The summed E-state index contributed by atoms with van der Waals surface area (Å²) in [5.41, 5.74) is 8.76. The average molecular weight is 346 g/mol. The molecule has 0 aliphatic heterocycles. The number of benzene rings is 1. The Hall–Kier alpha value is -3.05. The number of amides is 1. The number of primary amides is 1. The maximum absolute atomic E-state index is 12.7. The lowest BCUT2D eigenvalue weighted by molar-refractivity contribution is -0.125. The van der Waals surface area contributed by atoms with Crippen LogP contribution in [0.2, 0.25) is 0 Å². The van der Waals surface area contributed by atoms with Crippen LogP contribution in [0.25, 0.3) is 0 Å². The van der Waals surface area contributed by atoms with Crippen LogP contribution in [0.15, 0.2) is 73.3 Å². The molecule has 3 aromatic rings. The van der Waals surface area contributed by atoms with Gasteiger partial charge in [0.15, 0.2) is 0 Å². The van der Waals surface area contributed by atoms with Crippen molar-refractivity contribution >= 4 is 5.91 Å². The van der Waals surface area contributed by atoms with Crippen molar-refractivity contribution in [3.8, 4) is 0 Å². The molecule has 1 atom stereocenters. The molecule has 3 N–H and O–H groups in total. The van der Waals surface area contributed by atoms with Gasteiger partial charge >= 0.3 is 0 Å². The first-order valence-corrected chi connectivity index (χ1v) is 8.50. The molecule has 0 saturated heterocycles. The molecule has 0 bridgehead atoms. The van der Waals surface area contributed by atoms with Crippen LogP contribution in [-0.2, 0) is 23.3 Å². The quantitative estimate of drug-likeness (QED) is 0.689. The Bertz CT molecular complexity index is 850. The first kappa shape index (κ1) is 17.8. The van der Waals surface area contributed by atoms with Gasteiger partial charge in [-0.25, -0.2) is 0 Å². The number of carbonyl (C=O) groups is 1. The van der Waals surface area contributed by atoms with Gasteiger partial charge in [-0.2, -0.15) is 0 Å². The Morgan fingerprint density at radius 1 is 1.00 bits per heavy atom. The summed E-state index contributed by atoms with van der Waals surface area (Å²) in [6.07, 6.45) is 7.39. The van der Waals surface area contributed by atoms with E-state index in [1.807, 2.05) is 55.5 Å². The summed E-state index contributed by atoms with van der Waals surface area (Å²) < 4.78 is 0. The summed E-state index contributed by atoms with van der Waals surface area (Å²) in [6, 6.07) is 15.5. The van der Waals surface area contributed by atoms with Gasteiger partial charge in [0.25, 0.3) is 0 Å². The average Bonchev–Trinajstić information content (AvgIpc) is 2.67.